The Morgan fingerprint density at radius 2 is 1.89 bits per heavy atom. The minimum Gasteiger partial charge on any atom is -0.479 e. The van der Waals surface area contributed by atoms with Crippen molar-refractivity contribution in [3.63, 3.8) is 0 Å². The molecule has 0 spiro atoms. The zero-order valence-electron chi connectivity index (χ0n) is 16.0. The van der Waals surface area contributed by atoms with Crippen molar-refractivity contribution in [2.45, 2.75) is 38.3 Å². The quantitative estimate of drug-likeness (QED) is 0.852. The molecule has 4 rings (SSSR count). The number of carbonyl (C=O) groups excluding carboxylic acids is 2. The van der Waals surface area contributed by atoms with Crippen molar-refractivity contribution >= 4 is 23.2 Å². The van der Waals surface area contributed by atoms with E-state index in [1.807, 2.05) is 53.4 Å². The second-order valence-electron chi connectivity index (χ2n) is 7.33. The number of hydrogen-bond donors (Lipinski definition) is 2. The molecule has 0 aromatic heterocycles. The van der Waals surface area contributed by atoms with Gasteiger partial charge in [0.05, 0.1) is 5.69 Å². The lowest BCUT2D eigenvalue weighted by Crippen LogP contribution is -2.41. The monoisotopic (exact) mass is 379 g/mol. The molecule has 0 saturated carbocycles. The molecule has 6 nitrogen and oxygen atoms in total. The number of nitrogens with zero attached hydrogens (tertiary/aromatic N) is 1. The summed E-state index contributed by atoms with van der Waals surface area (Å²) >= 11 is 0. The standard InChI is InChI=1S/C22H25N3O3/c1-15-21(26)24-18-14-17(10-11-19(18)28-15)23-20(16-8-4-2-5-9-16)22(27)25-12-6-3-7-13-25/h2,4-5,8-11,14-15,20,23H,3,6-7,12-13H2,1H3,(H,24,26)/t15-,20-/m0/s1. The van der Waals surface area contributed by atoms with Gasteiger partial charge >= 0.3 is 0 Å². The summed E-state index contributed by atoms with van der Waals surface area (Å²) in [6.45, 7) is 3.32. The highest BCUT2D eigenvalue weighted by atomic mass is 16.5. The Balaban J connectivity index is 1.60. The van der Waals surface area contributed by atoms with Gasteiger partial charge in [-0.25, -0.2) is 0 Å². The molecule has 2 aromatic carbocycles. The van der Waals surface area contributed by atoms with Gasteiger partial charge in [0, 0.05) is 18.8 Å². The van der Waals surface area contributed by atoms with E-state index in [9.17, 15) is 9.59 Å². The normalized spacial score (nSPS) is 19.8. The van der Waals surface area contributed by atoms with Gasteiger partial charge < -0.3 is 20.3 Å². The maximum atomic E-state index is 13.3. The summed E-state index contributed by atoms with van der Waals surface area (Å²) in [5, 5.41) is 6.23. The second kappa shape index (κ2) is 7.92. The topological polar surface area (TPSA) is 70.7 Å². The maximum Gasteiger partial charge on any atom is 0.265 e. The van der Waals surface area contributed by atoms with Gasteiger partial charge in [0.25, 0.3) is 5.91 Å². The zero-order chi connectivity index (χ0) is 19.5. The van der Waals surface area contributed by atoms with Crippen LogP contribution in [0.2, 0.25) is 0 Å². The van der Waals surface area contributed by atoms with Gasteiger partial charge in [0.2, 0.25) is 5.91 Å². The highest BCUT2D eigenvalue weighted by molar-refractivity contribution is 5.98. The maximum absolute atomic E-state index is 13.3. The molecule has 1 fully saturated rings. The number of fused-ring (bicyclic) bond motifs is 1. The van der Waals surface area contributed by atoms with Crippen LogP contribution in [0.15, 0.2) is 48.5 Å². The van der Waals surface area contributed by atoms with Gasteiger partial charge in [-0.15, -0.1) is 0 Å². The molecule has 2 N–H and O–H groups in total. The number of rotatable bonds is 4. The molecule has 2 amide bonds. The van der Waals surface area contributed by atoms with Crippen LogP contribution in [-0.2, 0) is 9.59 Å². The zero-order valence-corrected chi connectivity index (χ0v) is 16.0. The van der Waals surface area contributed by atoms with E-state index >= 15 is 0 Å². The first kappa shape index (κ1) is 18.3. The minimum absolute atomic E-state index is 0.0810. The fraction of sp³-hybridized carbons (Fsp3) is 0.364. The molecule has 0 radical (unpaired) electrons. The summed E-state index contributed by atoms with van der Waals surface area (Å²) in [5.41, 5.74) is 2.30. The first-order valence-electron chi connectivity index (χ1n) is 9.83. The molecular formula is C22H25N3O3. The Morgan fingerprint density at radius 3 is 2.64 bits per heavy atom. The van der Waals surface area contributed by atoms with Gasteiger partial charge in [-0.3, -0.25) is 9.59 Å². The molecule has 1 saturated heterocycles. The third-order valence-electron chi connectivity index (χ3n) is 5.27. The van der Waals surface area contributed by atoms with Crippen LogP contribution < -0.4 is 15.4 Å². The van der Waals surface area contributed by atoms with Crippen molar-refractivity contribution in [3.05, 3.63) is 54.1 Å². The first-order valence-corrected chi connectivity index (χ1v) is 9.83. The van der Waals surface area contributed by atoms with Gasteiger partial charge in [-0.2, -0.15) is 0 Å². The van der Waals surface area contributed by atoms with Crippen LogP contribution in [0.5, 0.6) is 5.75 Å². The lowest BCUT2D eigenvalue weighted by molar-refractivity contribution is -0.133. The minimum atomic E-state index is -0.510. The second-order valence-corrected chi connectivity index (χ2v) is 7.33. The summed E-state index contributed by atoms with van der Waals surface area (Å²) in [6.07, 6.45) is 2.77. The van der Waals surface area contributed by atoms with E-state index in [0.717, 1.165) is 37.2 Å². The number of amides is 2. The molecule has 2 heterocycles. The lowest BCUT2D eigenvalue weighted by Gasteiger charge is -2.31. The summed E-state index contributed by atoms with van der Waals surface area (Å²) in [5.74, 6) is 0.544. The van der Waals surface area contributed by atoms with Crippen molar-refractivity contribution in [1.29, 1.82) is 0 Å². The molecule has 6 heteroatoms. The van der Waals surface area contributed by atoms with Crippen molar-refractivity contribution in [2.24, 2.45) is 0 Å². The molecule has 0 unspecified atom stereocenters. The van der Waals surface area contributed by atoms with E-state index in [1.54, 1.807) is 6.92 Å². The first-order chi connectivity index (χ1) is 13.6. The van der Waals surface area contributed by atoms with E-state index in [0.29, 0.717) is 11.4 Å². The Bertz CT molecular complexity index is 863. The fourth-order valence-electron chi connectivity index (χ4n) is 3.70. The third-order valence-corrected chi connectivity index (χ3v) is 5.27. The van der Waals surface area contributed by atoms with Gasteiger partial charge in [-0.05, 0) is 49.9 Å². The van der Waals surface area contributed by atoms with Crippen molar-refractivity contribution in [2.75, 3.05) is 23.7 Å². The van der Waals surface area contributed by atoms with Crippen LogP contribution in [0.1, 0.15) is 37.8 Å². The van der Waals surface area contributed by atoms with Crippen LogP contribution in [-0.4, -0.2) is 35.9 Å². The van der Waals surface area contributed by atoms with Crippen LogP contribution in [0.3, 0.4) is 0 Å². The molecule has 0 bridgehead atoms. The van der Waals surface area contributed by atoms with Crippen LogP contribution in [0, 0.1) is 0 Å². The Morgan fingerprint density at radius 1 is 1.14 bits per heavy atom. The highest BCUT2D eigenvalue weighted by Gasteiger charge is 2.28. The van der Waals surface area contributed by atoms with E-state index in [-0.39, 0.29) is 11.8 Å². The number of benzene rings is 2. The number of ether oxygens (including phenoxy) is 1. The third kappa shape index (κ3) is 3.81. The average molecular weight is 379 g/mol. The van der Waals surface area contributed by atoms with E-state index in [1.165, 1.54) is 6.42 Å². The summed E-state index contributed by atoms with van der Waals surface area (Å²) in [6, 6.07) is 14.8. The average Bonchev–Trinajstić information content (AvgIpc) is 2.74. The number of hydrogen-bond acceptors (Lipinski definition) is 4. The van der Waals surface area contributed by atoms with Gasteiger partial charge in [0.1, 0.15) is 11.8 Å². The van der Waals surface area contributed by atoms with Crippen LogP contribution in [0.4, 0.5) is 11.4 Å². The Kier molecular flexibility index (Phi) is 5.19. The van der Waals surface area contributed by atoms with E-state index < -0.39 is 12.1 Å². The highest BCUT2D eigenvalue weighted by Crippen LogP contribution is 2.33. The molecule has 2 aromatic rings. The van der Waals surface area contributed by atoms with Crippen molar-refractivity contribution in [3.8, 4) is 5.75 Å². The van der Waals surface area contributed by atoms with Crippen molar-refractivity contribution < 1.29 is 14.3 Å². The number of likely N-dealkylation sites (tertiary alicyclic amines) is 1. The van der Waals surface area contributed by atoms with E-state index in [4.69, 9.17) is 4.74 Å². The molecule has 146 valence electrons. The van der Waals surface area contributed by atoms with Crippen LogP contribution >= 0.6 is 0 Å². The summed E-state index contributed by atoms with van der Waals surface area (Å²) in [7, 11) is 0. The summed E-state index contributed by atoms with van der Waals surface area (Å²) < 4.78 is 5.62. The smallest absolute Gasteiger partial charge is 0.265 e. The number of carbonyl (C=O) groups is 2. The van der Waals surface area contributed by atoms with Gasteiger partial charge in [-0.1, -0.05) is 30.3 Å². The summed E-state index contributed by atoms with van der Waals surface area (Å²) in [4.78, 5) is 27.1. The number of anilines is 2. The number of nitrogens with one attached hydrogen (secondary N) is 2. The molecule has 2 aliphatic heterocycles. The molecule has 28 heavy (non-hydrogen) atoms. The largest absolute Gasteiger partial charge is 0.479 e. The molecule has 2 atom stereocenters. The fourth-order valence-corrected chi connectivity index (χ4v) is 3.70. The van der Waals surface area contributed by atoms with Crippen LogP contribution in [0.25, 0.3) is 0 Å². The Labute approximate surface area is 164 Å². The molecular weight excluding hydrogens is 354 g/mol. The molecule has 0 aliphatic carbocycles. The SMILES string of the molecule is C[C@@H]1Oc2ccc(N[C@H](C(=O)N3CCCCC3)c3ccccc3)cc2NC1=O. The predicted molar refractivity (Wildman–Crippen MR) is 108 cm³/mol. The van der Waals surface area contributed by atoms with Gasteiger partial charge in [0.15, 0.2) is 6.10 Å². The lowest BCUT2D eigenvalue weighted by atomic mass is 10.0. The van der Waals surface area contributed by atoms with Crippen molar-refractivity contribution in [1.82, 2.24) is 4.90 Å². The number of piperidine rings is 1. The Hall–Kier alpha value is -3.02. The van der Waals surface area contributed by atoms with E-state index in [2.05, 4.69) is 10.6 Å². The molecule has 2 aliphatic rings. The predicted octanol–water partition coefficient (Wildman–Crippen LogP) is 3.57.